The minimum Gasteiger partial charge on any atom is -0.373 e. The number of piperazine rings is 1. The van der Waals surface area contributed by atoms with Crippen LogP contribution in [0.2, 0.25) is 0 Å². The average molecular weight is 430 g/mol. The molecule has 2 aromatic carbocycles. The maximum absolute atomic E-state index is 11.5. The van der Waals surface area contributed by atoms with Crippen molar-refractivity contribution in [2.75, 3.05) is 31.1 Å². The van der Waals surface area contributed by atoms with Crippen LogP contribution in [0, 0.1) is 0 Å². The predicted octanol–water partition coefficient (Wildman–Crippen LogP) is 2.94. The van der Waals surface area contributed by atoms with Crippen molar-refractivity contribution < 1.29 is 13.2 Å². The molecule has 2 N–H and O–H groups in total. The van der Waals surface area contributed by atoms with E-state index in [2.05, 4.69) is 47.9 Å². The summed E-state index contributed by atoms with van der Waals surface area (Å²) in [4.78, 5) is 5.04. The van der Waals surface area contributed by atoms with Crippen LogP contribution in [0.25, 0.3) is 0 Å². The molecule has 7 heteroatoms. The van der Waals surface area contributed by atoms with E-state index in [4.69, 9.17) is 9.88 Å². The molecular formula is C23H31N3O3S. The van der Waals surface area contributed by atoms with E-state index >= 15 is 0 Å². The Hall–Kier alpha value is -1.93. The number of hydrogen-bond acceptors (Lipinski definition) is 5. The van der Waals surface area contributed by atoms with Gasteiger partial charge in [0.2, 0.25) is 10.0 Å². The fraction of sp³-hybridized carbons (Fsp3) is 0.478. The molecular weight excluding hydrogens is 398 g/mol. The van der Waals surface area contributed by atoms with Gasteiger partial charge in [-0.15, -0.1) is 0 Å². The molecule has 1 saturated heterocycles. The lowest BCUT2D eigenvalue weighted by atomic mass is 9.95. The Morgan fingerprint density at radius 1 is 1.03 bits per heavy atom. The van der Waals surface area contributed by atoms with E-state index < -0.39 is 10.0 Å². The van der Waals surface area contributed by atoms with Gasteiger partial charge in [-0.3, -0.25) is 4.90 Å². The molecule has 2 aliphatic rings. The Kier molecular flexibility index (Phi) is 6.16. The van der Waals surface area contributed by atoms with E-state index in [0.29, 0.717) is 12.1 Å². The molecule has 2 heterocycles. The third-order valence-corrected chi connectivity index (χ3v) is 7.30. The summed E-state index contributed by atoms with van der Waals surface area (Å²) in [5.41, 5.74) is 3.80. The topological polar surface area (TPSA) is 75.9 Å². The van der Waals surface area contributed by atoms with Gasteiger partial charge in [0, 0.05) is 37.4 Å². The van der Waals surface area contributed by atoms with Gasteiger partial charge in [-0.05, 0) is 62.1 Å². The summed E-state index contributed by atoms with van der Waals surface area (Å²) in [5.74, 6) is 0. The number of fused-ring (bicyclic) bond motifs is 1. The van der Waals surface area contributed by atoms with Crippen molar-refractivity contribution in [2.45, 2.75) is 49.8 Å². The first-order chi connectivity index (χ1) is 14.3. The highest BCUT2D eigenvalue weighted by Crippen LogP contribution is 2.31. The second-order valence-electron chi connectivity index (χ2n) is 8.48. The SMILES string of the molecule is CC1CN(c2ccc(S(N)(=O)=O)cc2)CC(C)N1CC[C@@H]1OCCc2ccccc21. The molecule has 0 amide bonds. The summed E-state index contributed by atoms with van der Waals surface area (Å²) >= 11 is 0. The summed E-state index contributed by atoms with van der Waals surface area (Å²) in [5, 5.41) is 5.21. The van der Waals surface area contributed by atoms with E-state index in [9.17, 15) is 8.42 Å². The Labute approximate surface area is 179 Å². The first-order valence-corrected chi connectivity index (χ1v) is 12.2. The van der Waals surface area contributed by atoms with Gasteiger partial charge in [0.1, 0.15) is 0 Å². The van der Waals surface area contributed by atoms with Gasteiger partial charge in [0.15, 0.2) is 0 Å². The Morgan fingerprint density at radius 2 is 1.70 bits per heavy atom. The summed E-state index contributed by atoms with van der Waals surface area (Å²) in [7, 11) is -3.66. The maximum Gasteiger partial charge on any atom is 0.238 e. The molecule has 162 valence electrons. The smallest absolute Gasteiger partial charge is 0.238 e. The van der Waals surface area contributed by atoms with E-state index in [-0.39, 0.29) is 11.0 Å². The number of anilines is 1. The Morgan fingerprint density at radius 3 is 2.37 bits per heavy atom. The van der Waals surface area contributed by atoms with Crippen LogP contribution in [0.3, 0.4) is 0 Å². The number of rotatable bonds is 5. The lowest BCUT2D eigenvalue weighted by Gasteiger charge is -2.46. The van der Waals surface area contributed by atoms with E-state index in [1.54, 1.807) is 12.1 Å². The Balaban J connectivity index is 1.39. The van der Waals surface area contributed by atoms with Crippen molar-refractivity contribution in [3.8, 4) is 0 Å². The summed E-state index contributed by atoms with van der Waals surface area (Å²) in [6.07, 6.45) is 2.18. The van der Waals surface area contributed by atoms with Gasteiger partial charge in [-0.25, -0.2) is 13.6 Å². The zero-order valence-electron chi connectivity index (χ0n) is 17.7. The molecule has 6 nitrogen and oxygen atoms in total. The van der Waals surface area contributed by atoms with E-state index in [1.165, 1.54) is 11.1 Å². The van der Waals surface area contributed by atoms with Gasteiger partial charge in [0.05, 0.1) is 17.6 Å². The minimum absolute atomic E-state index is 0.152. The van der Waals surface area contributed by atoms with Crippen molar-refractivity contribution in [2.24, 2.45) is 5.14 Å². The fourth-order valence-corrected chi connectivity index (χ4v) is 5.35. The lowest BCUT2D eigenvalue weighted by Crippen LogP contribution is -2.57. The van der Waals surface area contributed by atoms with Crippen LogP contribution in [-0.4, -0.2) is 51.6 Å². The fourth-order valence-electron chi connectivity index (χ4n) is 4.84. The van der Waals surface area contributed by atoms with Crippen LogP contribution in [0.4, 0.5) is 5.69 Å². The highest BCUT2D eigenvalue weighted by Gasteiger charge is 2.31. The van der Waals surface area contributed by atoms with Crippen LogP contribution in [0.15, 0.2) is 53.4 Å². The van der Waals surface area contributed by atoms with Gasteiger partial charge in [0.25, 0.3) is 0 Å². The molecule has 2 aromatic rings. The minimum atomic E-state index is -3.66. The highest BCUT2D eigenvalue weighted by atomic mass is 32.2. The maximum atomic E-state index is 11.5. The molecule has 1 fully saturated rings. The molecule has 0 spiro atoms. The van der Waals surface area contributed by atoms with Crippen LogP contribution in [-0.2, 0) is 21.2 Å². The van der Waals surface area contributed by atoms with Gasteiger partial charge in [-0.2, -0.15) is 0 Å². The number of sulfonamides is 1. The van der Waals surface area contributed by atoms with Crippen molar-refractivity contribution in [1.29, 1.82) is 0 Å². The van der Waals surface area contributed by atoms with Crippen molar-refractivity contribution in [3.63, 3.8) is 0 Å². The molecule has 0 aliphatic carbocycles. The van der Waals surface area contributed by atoms with E-state index in [0.717, 1.165) is 44.8 Å². The normalized spacial score (nSPS) is 25.2. The number of benzene rings is 2. The van der Waals surface area contributed by atoms with Crippen molar-refractivity contribution in [1.82, 2.24) is 4.90 Å². The first kappa shape index (κ1) is 21.3. The number of ether oxygens (including phenoxy) is 1. The molecule has 3 atom stereocenters. The lowest BCUT2D eigenvalue weighted by molar-refractivity contribution is 0.0200. The molecule has 0 saturated carbocycles. The molecule has 2 aliphatic heterocycles. The molecule has 30 heavy (non-hydrogen) atoms. The zero-order chi connectivity index (χ0) is 21.3. The van der Waals surface area contributed by atoms with Gasteiger partial charge in [-0.1, -0.05) is 24.3 Å². The highest BCUT2D eigenvalue weighted by molar-refractivity contribution is 7.89. The summed E-state index contributed by atoms with van der Waals surface area (Å²) in [6, 6.07) is 16.3. The van der Waals surface area contributed by atoms with Gasteiger partial charge >= 0.3 is 0 Å². The molecule has 4 rings (SSSR count). The largest absolute Gasteiger partial charge is 0.373 e. The number of nitrogens with zero attached hydrogens (tertiary/aromatic N) is 2. The average Bonchev–Trinajstić information content (AvgIpc) is 2.72. The van der Waals surface area contributed by atoms with E-state index in [1.807, 2.05) is 12.1 Å². The van der Waals surface area contributed by atoms with Crippen LogP contribution in [0.1, 0.15) is 37.5 Å². The van der Waals surface area contributed by atoms with Crippen LogP contribution in [0.5, 0.6) is 0 Å². The van der Waals surface area contributed by atoms with Crippen molar-refractivity contribution >= 4 is 15.7 Å². The van der Waals surface area contributed by atoms with Gasteiger partial charge < -0.3 is 9.64 Å². The van der Waals surface area contributed by atoms with Crippen LogP contribution < -0.4 is 10.0 Å². The molecule has 0 radical (unpaired) electrons. The molecule has 0 bridgehead atoms. The number of nitrogens with two attached hydrogens (primary N) is 1. The molecule has 2 unspecified atom stereocenters. The third kappa shape index (κ3) is 4.54. The number of hydrogen-bond donors (Lipinski definition) is 1. The first-order valence-electron chi connectivity index (χ1n) is 10.7. The van der Waals surface area contributed by atoms with Crippen LogP contribution >= 0.6 is 0 Å². The monoisotopic (exact) mass is 429 g/mol. The number of primary sulfonamides is 1. The summed E-state index contributed by atoms with van der Waals surface area (Å²) < 4.78 is 29.1. The van der Waals surface area contributed by atoms with Crippen molar-refractivity contribution in [3.05, 3.63) is 59.7 Å². The second-order valence-corrected chi connectivity index (χ2v) is 10.0. The zero-order valence-corrected chi connectivity index (χ0v) is 18.5. The second kappa shape index (κ2) is 8.67. The predicted molar refractivity (Wildman–Crippen MR) is 119 cm³/mol. The third-order valence-electron chi connectivity index (χ3n) is 6.37. The summed E-state index contributed by atoms with van der Waals surface area (Å²) in [6.45, 7) is 8.13. The quantitative estimate of drug-likeness (QED) is 0.791. The molecule has 0 aromatic heterocycles. The standard InChI is InChI=1S/C23H31N3O3S/c1-17-15-25(20-7-9-21(10-8-20)30(24,27)28)16-18(2)26(17)13-11-23-22-6-4-3-5-19(22)12-14-29-23/h3-10,17-18,23H,11-16H2,1-2H3,(H2,24,27,28)/t17?,18?,23-/m0/s1. The Bertz CT molecular complexity index is 965.